The maximum atomic E-state index is 2.33. The zero-order valence-corrected chi connectivity index (χ0v) is 18.9. The third kappa shape index (κ3) is 28.0. The fourth-order valence-corrected chi connectivity index (χ4v) is 2.30. The fraction of sp³-hybridized carbons (Fsp3) is 0.769. The Morgan fingerprint density at radius 3 is 1.54 bits per heavy atom. The Balaban J connectivity index is 0. The summed E-state index contributed by atoms with van der Waals surface area (Å²) >= 11 is 0. The Kier molecular flexibility index (Phi) is 27.9. The lowest BCUT2D eigenvalue weighted by Crippen LogP contribution is -2.04. The molecule has 0 aromatic rings. The normalized spacial score (nSPS) is 14.2. The number of unbranched alkanes of at least 4 members (excludes halogenated alkanes) is 6. The van der Waals surface area contributed by atoms with Crippen LogP contribution in [0.3, 0.4) is 0 Å². The van der Waals surface area contributed by atoms with Crippen molar-refractivity contribution in [3.05, 3.63) is 36.5 Å². The Morgan fingerprint density at radius 2 is 1.12 bits per heavy atom. The topological polar surface area (TPSA) is 0 Å². The van der Waals surface area contributed by atoms with Gasteiger partial charge in [0.25, 0.3) is 0 Å². The fourth-order valence-electron chi connectivity index (χ4n) is 2.30. The van der Waals surface area contributed by atoms with E-state index in [-0.39, 0.29) is 0 Å². The molecule has 1 rings (SSSR count). The summed E-state index contributed by atoms with van der Waals surface area (Å²) in [7, 11) is 0. The van der Waals surface area contributed by atoms with E-state index >= 15 is 0 Å². The van der Waals surface area contributed by atoms with E-state index in [1.165, 1.54) is 70.6 Å². The monoisotopic (exact) mass is 362 g/mol. The molecule has 1 aliphatic carbocycles. The van der Waals surface area contributed by atoms with E-state index < -0.39 is 0 Å². The predicted molar refractivity (Wildman–Crippen MR) is 124 cm³/mol. The van der Waals surface area contributed by atoms with Gasteiger partial charge in [-0.05, 0) is 38.0 Å². The number of hydrogen-bond donors (Lipinski definition) is 0. The van der Waals surface area contributed by atoms with Crippen molar-refractivity contribution < 1.29 is 0 Å². The quantitative estimate of drug-likeness (QED) is 0.239. The van der Waals surface area contributed by atoms with Crippen LogP contribution in [0.15, 0.2) is 36.5 Å². The lowest BCUT2D eigenvalue weighted by molar-refractivity contribution is 0.346. The molecule has 0 spiro atoms. The third-order valence-corrected chi connectivity index (χ3v) is 4.65. The number of hydrogen-bond acceptors (Lipinski definition) is 0. The zero-order chi connectivity index (χ0) is 19.7. The van der Waals surface area contributed by atoms with Crippen LogP contribution in [0.25, 0.3) is 0 Å². The van der Waals surface area contributed by atoms with Crippen molar-refractivity contribution in [2.24, 2.45) is 5.92 Å². The van der Waals surface area contributed by atoms with Gasteiger partial charge in [-0.3, -0.25) is 0 Å². The van der Waals surface area contributed by atoms with Crippen LogP contribution in [0.1, 0.15) is 125 Å². The maximum absolute atomic E-state index is 2.33. The molecule has 0 heteroatoms. The molecule has 0 aliphatic heterocycles. The van der Waals surface area contributed by atoms with Crippen LogP contribution in [0, 0.1) is 5.92 Å². The molecule has 0 aromatic heterocycles. The minimum Gasteiger partial charge on any atom is -0.0885 e. The van der Waals surface area contributed by atoms with Crippen LogP contribution < -0.4 is 0 Å². The largest absolute Gasteiger partial charge is 0.0885 e. The van der Waals surface area contributed by atoms with Gasteiger partial charge in [-0.15, -0.1) is 0 Å². The van der Waals surface area contributed by atoms with E-state index in [9.17, 15) is 0 Å². The highest BCUT2D eigenvalue weighted by atomic mass is 14.1. The predicted octanol–water partition coefficient (Wildman–Crippen LogP) is 9.82. The highest BCUT2D eigenvalue weighted by Gasteiger charge is 2.09. The smallest absolute Gasteiger partial charge is 0.0169 e. The summed E-state index contributed by atoms with van der Waals surface area (Å²) in [5.74, 6) is 1.06. The highest BCUT2D eigenvalue weighted by Crippen LogP contribution is 2.24. The van der Waals surface area contributed by atoms with Gasteiger partial charge in [0, 0.05) is 0 Å². The summed E-state index contributed by atoms with van der Waals surface area (Å²) < 4.78 is 0. The molecule has 0 radical (unpaired) electrons. The van der Waals surface area contributed by atoms with E-state index in [4.69, 9.17) is 0 Å². The first-order chi connectivity index (χ1) is 12.7. The molecule has 0 aromatic carbocycles. The molecule has 26 heavy (non-hydrogen) atoms. The highest BCUT2D eigenvalue weighted by molar-refractivity contribution is 4.96. The van der Waals surface area contributed by atoms with Crippen LogP contribution in [0.4, 0.5) is 0 Å². The van der Waals surface area contributed by atoms with Crippen molar-refractivity contribution in [1.82, 2.24) is 0 Å². The molecule has 0 nitrogen and oxygen atoms in total. The molecule has 0 unspecified atom stereocenters. The standard InChI is InChI=1S/C17H30.C5H10.C4H10/c1-3-5-7-9-11-13-15-17-16-14-12-10-8-6-4-2;1-5-3-2-4-5;1-3-4-2/h5,7,11,13,16-17H,3-4,6,8-10,12,14-15H2,1-2H3;5H,2-4H2,1H3;3-4H2,1-2H3/b7-5-,13-11-,17-16-;;. The second-order valence-electron chi connectivity index (χ2n) is 7.53. The molecule has 0 heterocycles. The van der Waals surface area contributed by atoms with E-state index in [1.807, 2.05) is 0 Å². The van der Waals surface area contributed by atoms with Gasteiger partial charge in [0.2, 0.25) is 0 Å². The summed E-state index contributed by atoms with van der Waals surface area (Å²) in [6, 6.07) is 0. The molecule has 1 fully saturated rings. The zero-order valence-electron chi connectivity index (χ0n) is 18.9. The molecular formula is C26H50. The van der Waals surface area contributed by atoms with Gasteiger partial charge in [-0.25, -0.2) is 0 Å². The molecule has 0 atom stereocenters. The molecule has 0 amide bonds. The molecule has 0 N–H and O–H groups in total. The average molecular weight is 363 g/mol. The van der Waals surface area contributed by atoms with Crippen molar-refractivity contribution in [1.29, 1.82) is 0 Å². The molecule has 1 aliphatic rings. The van der Waals surface area contributed by atoms with Crippen molar-refractivity contribution in [3.8, 4) is 0 Å². The van der Waals surface area contributed by atoms with E-state index in [2.05, 4.69) is 71.1 Å². The second-order valence-corrected chi connectivity index (χ2v) is 7.53. The van der Waals surface area contributed by atoms with Crippen molar-refractivity contribution in [2.45, 2.75) is 125 Å². The summed E-state index contributed by atoms with van der Waals surface area (Å²) in [4.78, 5) is 0. The molecular weight excluding hydrogens is 312 g/mol. The van der Waals surface area contributed by atoms with Crippen LogP contribution in [0.2, 0.25) is 0 Å². The Hall–Kier alpha value is -0.780. The van der Waals surface area contributed by atoms with Gasteiger partial charge < -0.3 is 0 Å². The van der Waals surface area contributed by atoms with Crippen LogP contribution in [-0.2, 0) is 0 Å². The van der Waals surface area contributed by atoms with Gasteiger partial charge >= 0.3 is 0 Å². The summed E-state index contributed by atoms with van der Waals surface area (Å²) in [6.45, 7) is 11.1. The second kappa shape index (κ2) is 26.4. The van der Waals surface area contributed by atoms with Gasteiger partial charge in [0.1, 0.15) is 0 Å². The first-order valence-electron chi connectivity index (χ1n) is 11.7. The molecule has 0 saturated heterocycles. The van der Waals surface area contributed by atoms with Crippen molar-refractivity contribution >= 4 is 0 Å². The van der Waals surface area contributed by atoms with E-state index in [0.29, 0.717) is 0 Å². The SMILES string of the molecule is CC/C=C\C/C=C\C/C=C\CCCCCCC.CC1CCC1.CCCC. The van der Waals surface area contributed by atoms with Gasteiger partial charge in [0.05, 0.1) is 0 Å². The van der Waals surface area contributed by atoms with Crippen LogP contribution in [-0.4, -0.2) is 0 Å². The summed E-state index contributed by atoms with van der Waals surface area (Å²) in [5.41, 5.74) is 0. The lowest BCUT2D eigenvalue weighted by atomic mass is 9.88. The summed E-state index contributed by atoms with van der Waals surface area (Å²) in [5, 5.41) is 0. The Bertz CT molecular complexity index is 302. The first-order valence-corrected chi connectivity index (χ1v) is 11.7. The number of allylic oxidation sites excluding steroid dienone is 6. The minimum atomic E-state index is 1.06. The summed E-state index contributed by atoms with van der Waals surface area (Å²) in [6.07, 6.45) is 32.2. The van der Waals surface area contributed by atoms with Crippen molar-refractivity contribution in [2.75, 3.05) is 0 Å². The molecule has 154 valence electrons. The average Bonchev–Trinajstić information content (AvgIpc) is 2.64. The third-order valence-electron chi connectivity index (χ3n) is 4.65. The maximum Gasteiger partial charge on any atom is -0.0169 e. The Morgan fingerprint density at radius 1 is 0.615 bits per heavy atom. The van der Waals surface area contributed by atoms with E-state index in [1.54, 1.807) is 0 Å². The molecule has 0 bridgehead atoms. The van der Waals surface area contributed by atoms with Gasteiger partial charge in [0.15, 0.2) is 0 Å². The molecule has 1 saturated carbocycles. The Labute approximate surface area is 167 Å². The van der Waals surface area contributed by atoms with Crippen LogP contribution in [0.5, 0.6) is 0 Å². The van der Waals surface area contributed by atoms with Crippen molar-refractivity contribution in [3.63, 3.8) is 0 Å². The van der Waals surface area contributed by atoms with E-state index in [0.717, 1.165) is 25.2 Å². The first kappa shape index (κ1) is 27.4. The van der Waals surface area contributed by atoms with Crippen LogP contribution >= 0.6 is 0 Å². The van der Waals surface area contributed by atoms with Gasteiger partial charge in [-0.2, -0.15) is 0 Å². The lowest BCUT2D eigenvalue weighted by Gasteiger charge is -2.18. The minimum absolute atomic E-state index is 1.06. The number of rotatable bonds is 12. The van der Waals surface area contributed by atoms with Gasteiger partial charge in [-0.1, -0.05) is 129 Å².